The second-order valence-corrected chi connectivity index (χ2v) is 4.02. The van der Waals surface area contributed by atoms with E-state index in [2.05, 4.69) is 13.8 Å². The van der Waals surface area contributed by atoms with Crippen molar-refractivity contribution in [1.29, 1.82) is 0 Å². The van der Waals surface area contributed by atoms with Gasteiger partial charge in [0, 0.05) is 0 Å². The summed E-state index contributed by atoms with van der Waals surface area (Å²) < 4.78 is 0. The Hall–Kier alpha value is -0.340. The molecule has 0 aliphatic carbocycles. The summed E-state index contributed by atoms with van der Waals surface area (Å²) in [7, 11) is 0. The van der Waals surface area contributed by atoms with Crippen molar-refractivity contribution in [2.24, 2.45) is 5.92 Å². The third-order valence-corrected chi connectivity index (χ3v) is 2.63. The molecule has 0 heterocycles. The summed E-state index contributed by atoms with van der Waals surface area (Å²) in [6.45, 7) is 6.27. The van der Waals surface area contributed by atoms with Crippen molar-refractivity contribution >= 4 is 0 Å². The molecule has 14 heavy (non-hydrogen) atoms. The van der Waals surface area contributed by atoms with Gasteiger partial charge in [-0.3, -0.25) is 0 Å². The fourth-order valence-electron chi connectivity index (χ4n) is 1.15. The molecule has 3 atom stereocenters. The first-order valence-electron chi connectivity index (χ1n) is 5.64. The number of aliphatic hydroxyl groups is 2. The Kier molecular flexibility index (Phi) is 7.81. The maximum Gasteiger partial charge on any atom is 0.0721 e. The Balaban J connectivity index is 3.64. The second-order valence-electron chi connectivity index (χ2n) is 4.02. The second kappa shape index (κ2) is 8.01. The van der Waals surface area contributed by atoms with Gasteiger partial charge in [-0.25, -0.2) is 0 Å². The van der Waals surface area contributed by atoms with Crippen LogP contribution in [0.4, 0.5) is 0 Å². The first-order chi connectivity index (χ1) is 6.60. The zero-order chi connectivity index (χ0) is 11.0. The predicted octanol–water partition coefficient (Wildman–Crippen LogP) is 2.50. The Labute approximate surface area is 87.7 Å². The summed E-state index contributed by atoms with van der Waals surface area (Å²) in [4.78, 5) is 0. The SMILES string of the molecule is CCC(O)C=CC(O)CCC(C)CC. The molecule has 3 unspecified atom stereocenters. The summed E-state index contributed by atoms with van der Waals surface area (Å²) in [6.07, 6.45) is 6.28. The zero-order valence-electron chi connectivity index (χ0n) is 9.61. The summed E-state index contributed by atoms with van der Waals surface area (Å²) in [5.41, 5.74) is 0. The molecule has 0 rings (SSSR count). The summed E-state index contributed by atoms with van der Waals surface area (Å²) in [5.74, 6) is 0.675. The molecule has 0 aromatic rings. The zero-order valence-corrected chi connectivity index (χ0v) is 9.61. The topological polar surface area (TPSA) is 40.5 Å². The third-order valence-electron chi connectivity index (χ3n) is 2.63. The van der Waals surface area contributed by atoms with Crippen LogP contribution in [0, 0.1) is 5.92 Å². The molecule has 2 N–H and O–H groups in total. The van der Waals surface area contributed by atoms with E-state index in [1.165, 1.54) is 0 Å². The highest BCUT2D eigenvalue weighted by Gasteiger charge is 2.04. The van der Waals surface area contributed by atoms with Gasteiger partial charge >= 0.3 is 0 Å². The molecule has 0 spiro atoms. The maximum absolute atomic E-state index is 9.54. The van der Waals surface area contributed by atoms with Crippen molar-refractivity contribution in [1.82, 2.24) is 0 Å². The minimum Gasteiger partial charge on any atom is -0.389 e. The minimum atomic E-state index is -0.409. The van der Waals surface area contributed by atoms with Gasteiger partial charge < -0.3 is 10.2 Å². The van der Waals surface area contributed by atoms with Crippen LogP contribution in [-0.4, -0.2) is 22.4 Å². The highest BCUT2D eigenvalue weighted by Crippen LogP contribution is 2.12. The molecular formula is C12H24O2. The van der Waals surface area contributed by atoms with Crippen LogP contribution in [0.3, 0.4) is 0 Å². The molecule has 0 aromatic heterocycles. The van der Waals surface area contributed by atoms with E-state index in [1.807, 2.05) is 6.92 Å². The first-order valence-corrected chi connectivity index (χ1v) is 5.64. The van der Waals surface area contributed by atoms with Crippen molar-refractivity contribution in [3.63, 3.8) is 0 Å². The van der Waals surface area contributed by atoms with Gasteiger partial charge in [-0.2, -0.15) is 0 Å². The van der Waals surface area contributed by atoms with E-state index in [0.717, 1.165) is 19.3 Å². The molecule has 0 saturated carbocycles. The fourth-order valence-corrected chi connectivity index (χ4v) is 1.15. The normalized spacial score (nSPS) is 18.4. The summed E-state index contributed by atoms with van der Waals surface area (Å²) >= 11 is 0. The Morgan fingerprint density at radius 3 is 2.00 bits per heavy atom. The highest BCUT2D eigenvalue weighted by atomic mass is 16.3. The predicted molar refractivity (Wildman–Crippen MR) is 60.1 cm³/mol. The molecule has 84 valence electrons. The van der Waals surface area contributed by atoms with E-state index < -0.39 is 12.2 Å². The lowest BCUT2D eigenvalue weighted by Gasteiger charge is -2.10. The fraction of sp³-hybridized carbons (Fsp3) is 0.833. The molecule has 0 aromatic carbocycles. The Morgan fingerprint density at radius 1 is 0.929 bits per heavy atom. The largest absolute Gasteiger partial charge is 0.389 e. The van der Waals surface area contributed by atoms with E-state index in [4.69, 9.17) is 0 Å². The van der Waals surface area contributed by atoms with Crippen molar-refractivity contribution < 1.29 is 10.2 Å². The van der Waals surface area contributed by atoms with Gasteiger partial charge in [-0.1, -0.05) is 39.3 Å². The van der Waals surface area contributed by atoms with Crippen LogP contribution >= 0.6 is 0 Å². The first kappa shape index (κ1) is 13.7. The third kappa shape index (κ3) is 7.10. The molecule has 0 bridgehead atoms. The van der Waals surface area contributed by atoms with E-state index >= 15 is 0 Å². The van der Waals surface area contributed by atoms with Gasteiger partial charge in [0.15, 0.2) is 0 Å². The lowest BCUT2D eigenvalue weighted by atomic mass is 10.0. The van der Waals surface area contributed by atoms with Crippen LogP contribution in [0.25, 0.3) is 0 Å². The van der Waals surface area contributed by atoms with Gasteiger partial charge in [0.1, 0.15) is 0 Å². The molecule has 0 fully saturated rings. The minimum absolute atomic E-state index is 0.398. The van der Waals surface area contributed by atoms with Crippen LogP contribution in [0.15, 0.2) is 12.2 Å². The number of aliphatic hydroxyl groups excluding tert-OH is 2. The maximum atomic E-state index is 9.54. The quantitative estimate of drug-likeness (QED) is 0.620. The van der Waals surface area contributed by atoms with Crippen molar-refractivity contribution in [3.05, 3.63) is 12.2 Å². The molecule has 0 aliphatic rings. The van der Waals surface area contributed by atoms with Crippen LogP contribution in [-0.2, 0) is 0 Å². The number of hydrogen-bond acceptors (Lipinski definition) is 2. The molecule has 0 saturated heterocycles. The van der Waals surface area contributed by atoms with E-state index in [9.17, 15) is 10.2 Å². The number of rotatable bonds is 7. The molecular weight excluding hydrogens is 176 g/mol. The van der Waals surface area contributed by atoms with Crippen molar-refractivity contribution in [3.8, 4) is 0 Å². The van der Waals surface area contributed by atoms with Crippen LogP contribution in [0.2, 0.25) is 0 Å². The standard InChI is InChI=1S/C12H24O2/c1-4-10(3)6-7-12(14)9-8-11(13)5-2/h8-14H,4-7H2,1-3H3. The Morgan fingerprint density at radius 2 is 1.50 bits per heavy atom. The summed E-state index contributed by atoms with van der Waals surface area (Å²) in [6, 6.07) is 0. The molecule has 0 aliphatic heterocycles. The average Bonchev–Trinajstić information content (AvgIpc) is 2.22. The van der Waals surface area contributed by atoms with E-state index in [0.29, 0.717) is 12.3 Å². The van der Waals surface area contributed by atoms with Crippen molar-refractivity contribution in [2.75, 3.05) is 0 Å². The van der Waals surface area contributed by atoms with Gasteiger partial charge in [0.2, 0.25) is 0 Å². The van der Waals surface area contributed by atoms with Gasteiger partial charge in [0.25, 0.3) is 0 Å². The van der Waals surface area contributed by atoms with E-state index in [-0.39, 0.29) is 0 Å². The lowest BCUT2D eigenvalue weighted by molar-refractivity contribution is 0.192. The van der Waals surface area contributed by atoms with Crippen molar-refractivity contribution in [2.45, 2.75) is 58.7 Å². The van der Waals surface area contributed by atoms with Crippen LogP contribution in [0.5, 0.6) is 0 Å². The lowest BCUT2D eigenvalue weighted by Crippen LogP contribution is -2.07. The molecule has 0 amide bonds. The summed E-state index contributed by atoms with van der Waals surface area (Å²) in [5, 5.41) is 18.8. The van der Waals surface area contributed by atoms with Gasteiger partial charge in [-0.05, 0) is 25.2 Å². The molecule has 2 heteroatoms. The monoisotopic (exact) mass is 200 g/mol. The molecule has 0 radical (unpaired) electrons. The van der Waals surface area contributed by atoms with E-state index in [1.54, 1.807) is 12.2 Å². The highest BCUT2D eigenvalue weighted by molar-refractivity contribution is 4.93. The van der Waals surface area contributed by atoms with Crippen LogP contribution in [0.1, 0.15) is 46.5 Å². The van der Waals surface area contributed by atoms with Gasteiger partial charge in [-0.15, -0.1) is 0 Å². The average molecular weight is 200 g/mol. The molecule has 2 nitrogen and oxygen atoms in total. The Bertz CT molecular complexity index is 154. The smallest absolute Gasteiger partial charge is 0.0721 e. The number of hydrogen-bond donors (Lipinski definition) is 2. The van der Waals surface area contributed by atoms with Gasteiger partial charge in [0.05, 0.1) is 12.2 Å². The van der Waals surface area contributed by atoms with Crippen LogP contribution < -0.4 is 0 Å².